The van der Waals surface area contributed by atoms with Crippen LogP contribution >= 0.6 is 0 Å². The first kappa shape index (κ1) is 16.1. The fourth-order valence-electron chi connectivity index (χ4n) is 1.90. The summed E-state index contributed by atoms with van der Waals surface area (Å²) in [5, 5.41) is 2.85. The summed E-state index contributed by atoms with van der Waals surface area (Å²) in [4.78, 5) is 0. The number of halogens is 6. The van der Waals surface area contributed by atoms with Crippen molar-refractivity contribution in [2.75, 3.05) is 10.5 Å². The highest BCUT2D eigenvalue weighted by Crippen LogP contribution is 2.25. The standard InChI is InChI=1S/C12H10B2F6N2/c15-13(16,17)21-11-5-1-9(2-6-11)10-3-7-12(8-4-10)22-14(18,19)20/h1-8,21-22H/q-2. The van der Waals surface area contributed by atoms with Gasteiger partial charge in [0.15, 0.2) is 0 Å². The summed E-state index contributed by atoms with van der Waals surface area (Å²) >= 11 is 0. The van der Waals surface area contributed by atoms with Crippen LogP contribution in [0.4, 0.5) is 37.3 Å². The Kier molecular flexibility index (Phi) is 4.30. The molecule has 0 atom stereocenters. The van der Waals surface area contributed by atoms with Gasteiger partial charge in [0.1, 0.15) is 0 Å². The molecule has 118 valence electrons. The van der Waals surface area contributed by atoms with Crippen LogP contribution in [0.15, 0.2) is 48.5 Å². The largest absolute Gasteiger partial charge is 0.595 e. The highest BCUT2D eigenvalue weighted by atomic mass is 19.4. The summed E-state index contributed by atoms with van der Waals surface area (Å²) in [5.41, 5.74) is 1.03. The van der Waals surface area contributed by atoms with E-state index in [-0.39, 0.29) is 11.4 Å². The molecule has 10 heteroatoms. The molecule has 0 radical (unpaired) electrons. The van der Waals surface area contributed by atoms with E-state index in [2.05, 4.69) is 0 Å². The Balaban J connectivity index is 2.12. The summed E-state index contributed by atoms with van der Waals surface area (Å²) in [5.74, 6) is 0. The fraction of sp³-hybridized carbons (Fsp3) is 0. The van der Waals surface area contributed by atoms with Gasteiger partial charge in [0.05, 0.1) is 0 Å². The van der Waals surface area contributed by atoms with E-state index in [1.54, 1.807) is 0 Å². The highest BCUT2D eigenvalue weighted by Gasteiger charge is 2.24. The third kappa shape index (κ3) is 4.94. The van der Waals surface area contributed by atoms with E-state index in [0.717, 1.165) is 0 Å². The van der Waals surface area contributed by atoms with Crippen molar-refractivity contribution in [3.8, 4) is 11.1 Å². The maximum atomic E-state index is 12.2. The van der Waals surface area contributed by atoms with E-state index < -0.39 is 14.2 Å². The molecule has 0 aliphatic carbocycles. The van der Waals surface area contributed by atoms with E-state index in [0.29, 0.717) is 11.1 Å². The van der Waals surface area contributed by atoms with Crippen LogP contribution in [0.1, 0.15) is 0 Å². The minimum atomic E-state index is -5.14. The molecule has 0 amide bonds. The molecule has 0 aliphatic rings. The van der Waals surface area contributed by atoms with Gasteiger partial charge < -0.3 is 36.3 Å². The van der Waals surface area contributed by atoms with Crippen LogP contribution in [0.25, 0.3) is 11.1 Å². The lowest BCUT2D eigenvalue weighted by Gasteiger charge is -2.18. The average molecular weight is 318 g/mol. The highest BCUT2D eigenvalue weighted by molar-refractivity contribution is 6.62. The van der Waals surface area contributed by atoms with Gasteiger partial charge in [-0.2, -0.15) is 0 Å². The predicted octanol–water partition coefficient (Wildman–Crippen LogP) is 4.87. The second kappa shape index (κ2) is 5.86. The van der Waals surface area contributed by atoms with Crippen molar-refractivity contribution in [2.45, 2.75) is 0 Å². The summed E-state index contributed by atoms with van der Waals surface area (Å²) < 4.78 is 73.2. The molecule has 0 saturated heterocycles. The topological polar surface area (TPSA) is 24.1 Å². The quantitative estimate of drug-likeness (QED) is 0.607. The molecule has 0 bridgehead atoms. The number of nitrogens with one attached hydrogen (secondary N) is 2. The van der Waals surface area contributed by atoms with Crippen molar-refractivity contribution in [3.05, 3.63) is 48.5 Å². The molecule has 0 saturated carbocycles. The van der Waals surface area contributed by atoms with E-state index in [1.807, 2.05) is 0 Å². The molecule has 0 fully saturated rings. The van der Waals surface area contributed by atoms with Crippen LogP contribution in [0.5, 0.6) is 0 Å². The Hall–Kier alpha value is -2.25. The van der Waals surface area contributed by atoms with Gasteiger partial charge in [-0.1, -0.05) is 24.3 Å². The Morgan fingerprint density at radius 1 is 0.500 bits per heavy atom. The number of hydrogen-bond acceptors (Lipinski definition) is 2. The molecule has 0 spiro atoms. The third-order valence-corrected chi connectivity index (χ3v) is 2.76. The minimum Gasteiger partial charge on any atom is -0.473 e. The number of hydrogen-bond donors (Lipinski definition) is 2. The Labute approximate surface area is 122 Å². The molecule has 2 N–H and O–H groups in total. The lowest BCUT2D eigenvalue weighted by Crippen LogP contribution is -2.28. The van der Waals surface area contributed by atoms with Crippen molar-refractivity contribution in [2.24, 2.45) is 0 Å². The van der Waals surface area contributed by atoms with E-state index in [4.69, 9.17) is 0 Å². The van der Waals surface area contributed by atoms with E-state index in [9.17, 15) is 25.9 Å². The monoisotopic (exact) mass is 318 g/mol. The second-order valence-electron chi connectivity index (χ2n) is 4.59. The van der Waals surface area contributed by atoms with E-state index >= 15 is 0 Å². The van der Waals surface area contributed by atoms with Gasteiger partial charge in [-0.15, -0.1) is 0 Å². The Bertz CT molecular complexity index is 565. The number of rotatable bonds is 5. The van der Waals surface area contributed by atoms with E-state index in [1.165, 1.54) is 59.0 Å². The van der Waals surface area contributed by atoms with Crippen LogP contribution in [0.3, 0.4) is 0 Å². The first-order valence-corrected chi connectivity index (χ1v) is 6.28. The van der Waals surface area contributed by atoms with Crippen LogP contribution < -0.4 is 10.5 Å². The van der Waals surface area contributed by atoms with Gasteiger partial charge >= 0.3 is 14.2 Å². The minimum absolute atomic E-state index is 0.0886. The lowest BCUT2D eigenvalue weighted by molar-refractivity contribution is 0.485. The average Bonchev–Trinajstić information content (AvgIpc) is 2.37. The molecule has 0 aromatic heterocycles. The maximum Gasteiger partial charge on any atom is 0.595 e. The van der Waals surface area contributed by atoms with Crippen LogP contribution in [0.2, 0.25) is 0 Å². The molecule has 0 heterocycles. The zero-order valence-electron chi connectivity index (χ0n) is 11.0. The van der Waals surface area contributed by atoms with Gasteiger partial charge in [-0.25, -0.2) is 0 Å². The van der Waals surface area contributed by atoms with Gasteiger partial charge in [0.2, 0.25) is 0 Å². The molecule has 2 rings (SSSR count). The normalized spacial score (nSPS) is 12.1. The molecule has 22 heavy (non-hydrogen) atoms. The summed E-state index contributed by atoms with van der Waals surface area (Å²) in [6.07, 6.45) is 0. The first-order valence-electron chi connectivity index (χ1n) is 6.28. The molecule has 2 nitrogen and oxygen atoms in total. The zero-order chi connectivity index (χ0) is 16.4. The summed E-state index contributed by atoms with van der Waals surface area (Å²) in [6, 6.07) is 10.9. The SMILES string of the molecule is F[B-](F)(F)Nc1ccc(-c2ccc(N[B-](F)(F)F)cc2)cc1. The number of benzene rings is 2. The maximum absolute atomic E-state index is 12.2. The van der Waals surface area contributed by atoms with Crippen molar-refractivity contribution in [1.29, 1.82) is 0 Å². The molecule has 2 aromatic carbocycles. The van der Waals surface area contributed by atoms with Crippen molar-refractivity contribution < 1.29 is 25.9 Å². The summed E-state index contributed by atoms with van der Waals surface area (Å²) in [6.45, 7) is 0. The van der Waals surface area contributed by atoms with Crippen molar-refractivity contribution in [3.63, 3.8) is 0 Å². The first-order chi connectivity index (χ1) is 10.1. The second-order valence-corrected chi connectivity index (χ2v) is 4.59. The molecule has 0 unspecified atom stereocenters. The summed E-state index contributed by atoms with van der Waals surface area (Å²) in [7, 11) is -10.3. The lowest BCUT2D eigenvalue weighted by atomic mass is 10.0. The van der Waals surface area contributed by atoms with Crippen LogP contribution in [-0.4, -0.2) is 14.2 Å². The van der Waals surface area contributed by atoms with Gasteiger partial charge in [-0.05, 0) is 35.4 Å². The van der Waals surface area contributed by atoms with Gasteiger partial charge in [-0.3, -0.25) is 0 Å². The third-order valence-electron chi connectivity index (χ3n) is 2.76. The fourth-order valence-corrected chi connectivity index (χ4v) is 1.90. The van der Waals surface area contributed by atoms with Gasteiger partial charge in [0, 0.05) is 11.4 Å². The Morgan fingerprint density at radius 3 is 1.00 bits per heavy atom. The molecular formula is C12H10B2F6N2-2. The van der Waals surface area contributed by atoms with Gasteiger partial charge in [0.25, 0.3) is 0 Å². The number of anilines is 2. The predicted molar refractivity (Wildman–Crippen MR) is 77.3 cm³/mol. The smallest absolute Gasteiger partial charge is 0.473 e. The Morgan fingerprint density at radius 2 is 0.773 bits per heavy atom. The molecule has 2 aromatic rings. The van der Waals surface area contributed by atoms with Crippen LogP contribution in [0, 0.1) is 0 Å². The zero-order valence-corrected chi connectivity index (χ0v) is 11.0. The van der Waals surface area contributed by atoms with Crippen molar-refractivity contribution in [1.82, 2.24) is 0 Å². The molecular weight excluding hydrogens is 308 g/mol. The van der Waals surface area contributed by atoms with Crippen molar-refractivity contribution >= 4 is 25.6 Å². The van der Waals surface area contributed by atoms with Crippen LogP contribution in [-0.2, 0) is 0 Å². The molecule has 0 aliphatic heterocycles.